The van der Waals surface area contributed by atoms with E-state index in [4.69, 9.17) is 8.92 Å². The molecule has 4 rings (SSSR count). The Morgan fingerprint density at radius 1 is 0.917 bits per heavy atom. The van der Waals surface area contributed by atoms with Crippen LogP contribution in [0.3, 0.4) is 0 Å². The number of rotatable bonds is 11. The van der Waals surface area contributed by atoms with Crippen LogP contribution in [0.5, 0.6) is 11.5 Å². The third-order valence-electron chi connectivity index (χ3n) is 5.22. The van der Waals surface area contributed by atoms with Crippen LogP contribution in [0.4, 0.5) is 0 Å². The van der Waals surface area contributed by atoms with E-state index in [-0.39, 0.29) is 10.6 Å². The first-order valence-electron chi connectivity index (χ1n) is 11.4. The maximum atomic E-state index is 13.4. The van der Waals surface area contributed by atoms with Gasteiger partial charge in [-0.25, -0.2) is 0 Å². The van der Waals surface area contributed by atoms with Gasteiger partial charge < -0.3 is 8.92 Å². The van der Waals surface area contributed by atoms with E-state index in [0.29, 0.717) is 34.6 Å². The van der Waals surface area contributed by atoms with Crippen LogP contribution < -0.4 is 8.92 Å². The second-order valence-corrected chi connectivity index (χ2v) is 10.5. The predicted molar refractivity (Wildman–Crippen MR) is 140 cm³/mol. The van der Waals surface area contributed by atoms with E-state index < -0.39 is 10.1 Å². The monoisotopic (exact) mass is 519 g/mol. The number of carbonyl (C=O) groups excluding carboxylic acids is 1. The van der Waals surface area contributed by atoms with E-state index in [1.54, 1.807) is 60.8 Å². The molecule has 0 aliphatic carbocycles. The van der Waals surface area contributed by atoms with E-state index in [1.807, 2.05) is 24.3 Å². The lowest BCUT2D eigenvalue weighted by Gasteiger charge is -2.14. The van der Waals surface area contributed by atoms with Crippen molar-refractivity contribution in [3.8, 4) is 22.8 Å². The molecule has 0 bridgehead atoms. The molecule has 1 heterocycles. The summed E-state index contributed by atoms with van der Waals surface area (Å²) >= 11 is 1.30. The molecule has 0 unspecified atom stereocenters. The highest BCUT2D eigenvalue weighted by Crippen LogP contribution is 2.37. The van der Waals surface area contributed by atoms with Gasteiger partial charge >= 0.3 is 10.1 Å². The van der Waals surface area contributed by atoms with Crippen molar-refractivity contribution in [2.75, 3.05) is 6.61 Å². The fourth-order valence-electron chi connectivity index (χ4n) is 3.40. The molecule has 3 aromatic carbocycles. The highest BCUT2D eigenvalue weighted by molar-refractivity contribution is 8.00. The molecule has 0 saturated heterocycles. The second kappa shape index (κ2) is 11.9. The lowest BCUT2D eigenvalue weighted by atomic mass is 10.1. The Morgan fingerprint density at radius 2 is 1.69 bits per heavy atom. The molecular weight excluding hydrogens is 494 g/mol. The van der Waals surface area contributed by atoms with E-state index in [1.165, 1.54) is 17.8 Å². The molecule has 0 aliphatic rings. The SMILES string of the molecule is CCCCOc1ccc(Sc2ccc(-c3ncccc3C=O)cc2S(=O)(=O)Oc2ccccc2)cc1. The Kier molecular flexibility index (Phi) is 8.40. The number of para-hydroxylation sites is 1. The van der Waals surface area contributed by atoms with E-state index in [2.05, 4.69) is 11.9 Å². The maximum absolute atomic E-state index is 13.4. The molecule has 0 aliphatic heterocycles. The number of aromatic nitrogens is 1. The topological polar surface area (TPSA) is 82.6 Å². The molecule has 0 saturated carbocycles. The molecule has 0 radical (unpaired) electrons. The molecule has 0 fully saturated rings. The molecule has 36 heavy (non-hydrogen) atoms. The van der Waals surface area contributed by atoms with Crippen molar-refractivity contribution in [2.45, 2.75) is 34.5 Å². The van der Waals surface area contributed by atoms with Crippen LogP contribution in [0.1, 0.15) is 30.1 Å². The summed E-state index contributed by atoms with van der Waals surface area (Å²) < 4.78 is 38.0. The van der Waals surface area contributed by atoms with Crippen molar-refractivity contribution in [2.24, 2.45) is 0 Å². The Bertz CT molecular complexity index is 1420. The average Bonchev–Trinajstić information content (AvgIpc) is 2.90. The average molecular weight is 520 g/mol. The first-order valence-corrected chi connectivity index (χ1v) is 13.7. The van der Waals surface area contributed by atoms with Gasteiger partial charge in [-0.1, -0.05) is 49.4 Å². The zero-order valence-electron chi connectivity index (χ0n) is 19.7. The lowest BCUT2D eigenvalue weighted by Crippen LogP contribution is -2.11. The number of pyridine rings is 1. The molecule has 0 spiro atoms. The van der Waals surface area contributed by atoms with E-state index in [9.17, 15) is 13.2 Å². The summed E-state index contributed by atoms with van der Waals surface area (Å²) in [6, 6.07) is 24.1. The van der Waals surface area contributed by atoms with Crippen molar-refractivity contribution in [1.29, 1.82) is 0 Å². The largest absolute Gasteiger partial charge is 0.494 e. The smallest absolute Gasteiger partial charge is 0.340 e. The Hall–Kier alpha value is -3.62. The number of benzene rings is 3. The number of carbonyl (C=O) groups is 1. The van der Waals surface area contributed by atoms with Crippen molar-refractivity contribution < 1.29 is 22.1 Å². The minimum atomic E-state index is -4.20. The number of hydrogen-bond donors (Lipinski definition) is 0. The van der Waals surface area contributed by atoms with Gasteiger partial charge in [0.1, 0.15) is 16.4 Å². The van der Waals surface area contributed by atoms with Gasteiger partial charge in [-0.3, -0.25) is 9.78 Å². The number of hydrogen-bond acceptors (Lipinski definition) is 7. The normalized spacial score (nSPS) is 11.1. The summed E-state index contributed by atoms with van der Waals surface area (Å²) in [5.74, 6) is 0.971. The molecule has 0 N–H and O–H groups in total. The third kappa shape index (κ3) is 6.33. The fourth-order valence-corrected chi connectivity index (χ4v) is 5.69. The summed E-state index contributed by atoms with van der Waals surface area (Å²) in [6.07, 6.45) is 4.29. The number of aldehydes is 1. The van der Waals surface area contributed by atoms with E-state index >= 15 is 0 Å². The summed E-state index contributed by atoms with van der Waals surface area (Å²) in [7, 11) is -4.20. The van der Waals surface area contributed by atoms with Crippen LogP contribution in [0.2, 0.25) is 0 Å². The first kappa shape index (κ1) is 25.5. The van der Waals surface area contributed by atoms with Gasteiger partial charge in [0.05, 0.1) is 12.3 Å². The summed E-state index contributed by atoms with van der Waals surface area (Å²) in [4.78, 5) is 17.1. The summed E-state index contributed by atoms with van der Waals surface area (Å²) in [6.45, 7) is 2.76. The lowest BCUT2D eigenvalue weighted by molar-refractivity contribution is 0.112. The van der Waals surface area contributed by atoms with Crippen LogP contribution in [0, 0.1) is 0 Å². The van der Waals surface area contributed by atoms with Gasteiger partial charge in [0.2, 0.25) is 0 Å². The zero-order valence-corrected chi connectivity index (χ0v) is 21.3. The van der Waals surface area contributed by atoms with Crippen molar-refractivity contribution in [3.05, 3.63) is 96.7 Å². The molecule has 184 valence electrons. The Morgan fingerprint density at radius 3 is 2.42 bits per heavy atom. The standard InChI is InChI=1S/C28H25NO5S2/c1-2-3-18-33-23-12-14-25(15-13-23)35-26-16-11-21(28-22(20-30)8-7-17-29-28)19-27(26)36(31,32)34-24-9-5-4-6-10-24/h4-17,19-20H,2-3,18H2,1H3. The van der Waals surface area contributed by atoms with Crippen LogP contribution in [-0.2, 0) is 10.1 Å². The molecule has 0 atom stereocenters. The zero-order chi connectivity index (χ0) is 25.4. The number of nitrogens with zero attached hydrogens (tertiary/aromatic N) is 1. The summed E-state index contributed by atoms with van der Waals surface area (Å²) in [5, 5.41) is 0. The van der Waals surface area contributed by atoms with Crippen LogP contribution >= 0.6 is 11.8 Å². The van der Waals surface area contributed by atoms with Gasteiger partial charge in [-0.15, -0.1) is 0 Å². The second-order valence-electron chi connectivity index (χ2n) is 7.85. The van der Waals surface area contributed by atoms with Crippen LogP contribution in [0.25, 0.3) is 11.3 Å². The van der Waals surface area contributed by atoms with Crippen molar-refractivity contribution >= 4 is 28.2 Å². The quantitative estimate of drug-likeness (QED) is 0.124. The fraction of sp³-hybridized carbons (Fsp3) is 0.143. The summed E-state index contributed by atoms with van der Waals surface area (Å²) in [5.41, 5.74) is 1.26. The molecule has 8 heteroatoms. The molecular formula is C28H25NO5S2. The maximum Gasteiger partial charge on any atom is 0.340 e. The van der Waals surface area contributed by atoms with Gasteiger partial charge in [0.25, 0.3) is 0 Å². The Balaban J connectivity index is 1.71. The molecule has 1 aromatic heterocycles. The van der Waals surface area contributed by atoms with Gasteiger partial charge in [0, 0.05) is 27.1 Å². The predicted octanol–water partition coefficient (Wildman–Crippen LogP) is 6.66. The molecule has 6 nitrogen and oxygen atoms in total. The number of unbranched alkanes of at least 4 members (excludes halogenated alkanes) is 1. The minimum absolute atomic E-state index is 0.0142. The first-order chi connectivity index (χ1) is 17.5. The van der Waals surface area contributed by atoms with Crippen LogP contribution in [-0.4, -0.2) is 26.3 Å². The highest BCUT2D eigenvalue weighted by atomic mass is 32.2. The highest BCUT2D eigenvalue weighted by Gasteiger charge is 2.23. The van der Waals surface area contributed by atoms with Gasteiger partial charge in [0.15, 0.2) is 6.29 Å². The molecule has 0 amide bonds. The minimum Gasteiger partial charge on any atom is -0.494 e. The third-order valence-corrected chi connectivity index (χ3v) is 7.72. The van der Waals surface area contributed by atoms with E-state index in [0.717, 1.165) is 23.5 Å². The van der Waals surface area contributed by atoms with Crippen LogP contribution in [0.15, 0.2) is 106 Å². The van der Waals surface area contributed by atoms with Gasteiger partial charge in [-0.2, -0.15) is 8.42 Å². The van der Waals surface area contributed by atoms with Crippen molar-refractivity contribution in [1.82, 2.24) is 4.98 Å². The number of ether oxygens (including phenoxy) is 1. The molecule has 4 aromatic rings. The Labute approximate surface area is 215 Å². The van der Waals surface area contributed by atoms with Crippen molar-refractivity contribution in [3.63, 3.8) is 0 Å². The van der Waals surface area contributed by atoms with Gasteiger partial charge in [-0.05, 0) is 67.1 Å².